The molecule has 0 bridgehead atoms. The summed E-state index contributed by atoms with van der Waals surface area (Å²) in [5.74, 6) is 1.23. The van der Waals surface area contributed by atoms with Crippen LogP contribution in [-0.2, 0) is 11.3 Å². The lowest BCUT2D eigenvalue weighted by Crippen LogP contribution is -2.32. The standard InChI is InChI=1S/C26H25ClN2O5/c1-32-22-11-9-18(13-20(22)27)28-25(30)14-21(16-8-10-23(33-2)24(12-16)34-3)29-15-17-6-4-5-7-19(17)26(29)31/h4-13,21H,14-15H2,1-3H3,(H,28,30)/t21-/m0/s1. The zero-order valence-electron chi connectivity index (χ0n) is 19.1. The molecule has 0 aromatic heterocycles. The van der Waals surface area contributed by atoms with Gasteiger partial charge in [-0.3, -0.25) is 9.59 Å². The van der Waals surface area contributed by atoms with Crippen molar-refractivity contribution in [2.75, 3.05) is 26.6 Å². The van der Waals surface area contributed by atoms with Gasteiger partial charge in [-0.2, -0.15) is 0 Å². The summed E-state index contributed by atoms with van der Waals surface area (Å²) in [6.45, 7) is 0.412. The van der Waals surface area contributed by atoms with Crippen molar-refractivity contribution in [3.8, 4) is 17.2 Å². The van der Waals surface area contributed by atoms with Gasteiger partial charge in [0, 0.05) is 17.8 Å². The minimum atomic E-state index is -0.520. The number of ether oxygens (including phenoxy) is 3. The van der Waals surface area contributed by atoms with E-state index in [4.69, 9.17) is 25.8 Å². The van der Waals surface area contributed by atoms with Crippen LogP contribution in [0.25, 0.3) is 0 Å². The number of methoxy groups -OCH3 is 3. The van der Waals surface area contributed by atoms with E-state index in [0.717, 1.165) is 11.1 Å². The SMILES string of the molecule is COc1ccc(NC(=O)C[C@@H](c2ccc(OC)c(OC)c2)N2Cc3ccccc3C2=O)cc1Cl. The molecule has 1 aliphatic heterocycles. The van der Waals surface area contributed by atoms with Gasteiger partial charge in [0.15, 0.2) is 11.5 Å². The summed E-state index contributed by atoms with van der Waals surface area (Å²) in [5, 5.41) is 3.26. The van der Waals surface area contributed by atoms with Gasteiger partial charge in [0.05, 0.1) is 38.8 Å². The molecule has 1 heterocycles. The number of anilines is 1. The number of carbonyl (C=O) groups excluding carboxylic acids is 2. The lowest BCUT2D eigenvalue weighted by atomic mass is 10.0. The highest BCUT2D eigenvalue weighted by molar-refractivity contribution is 6.32. The Morgan fingerprint density at radius 1 is 0.971 bits per heavy atom. The third kappa shape index (κ3) is 4.65. The van der Waals surface area contributed by atoms with Crippen LogP contribution in [0.3, 0.4) is 0 Å². The fourth-order valence-corrected chi connectivity index (χ4v) is 4.39. The summed E-state index contributed by atoms with van der Waals surface area (Å²) in [5.41, 5.74) is 2.88. The summed E-state index contributed by atoms with van der Waals surface area (Å²) in [6.07, 6.45) is 0.0405. The monoisotopic (exact) mass is 480 g/mol. The van der Waals surface area contributed by atoms with Crippen LogP contribution in [0.5, 0.6) is 17.2 Å². The quantitative estimate of drug-likeness (QED) is 0.486. The molecule has 3 aromatic rings. The maximum Gasteiger partial charge on any atom is 0.255 e. The highest BCUT2D eigenvalue weighted by atomic mass is 35.5. The number of amides is 2. The third-order valence-electron chi connectivity index (χ3n) is 5.83. The molecule has 7 nitrogen and oxygen atoms in total. The van der Waals surface area contributed by atoms with Gasteiger partial charge in [-0.1, -0.05) is 35.9 Å². The summed E-state index contributed by atoms with van der Waals surface area (Å²) in [6, 6.07) is 17.4. The molecule has 8 heteroatoms. The normalized spacial score (nSPS) is 13.3. The lowest BCUT2D eigenvalue weighted by Gasteiger charge is -2.28. The number of nitrogens with one attached hydrogen (secondary N) is 1. The van der Waals surface area contributed by atoms with Crippen LogP contribution in [0.2, 0.25) is 5.02 Å². The zero-order valence-corrected chi connectivity index (χ0v) is 19.9. The smallest absolute Gasteiger partial charge is 0.255 e. The molecule has 4 rings (SSSR count). The van der Waals surface area contributed by atoms with Gasteiger partial charge in [0.1, 0.15) is 5.75 Å². The highest BCUT2D eigenvalue weighted by Gasteiger charge is 2.35. The van der Waals surface area contributed by atoms with Crippen molar-refractivity contribution < 1.29 is 23.8 Å². The van der Waals surface area contributed by atoms with Gasteiger partial charge in [-0.15, -0.1) is 0 Å². The van der Waals surface area contributed by atoms with Crippen LogP contribution in [0.15, 0.2) is 60.7 Å². The van der Waals surface area contributed by atoms with E-state index < -0.39 is 6.04 Å². The molecule has 34 heavy (non-hydrogen) atoms. The van der Waals surface area contributed by atoms with Crippen molar-refractivity contribution >= 4 is 29.1 Å². The average molecular weight is 481 g/mol. The van der Waals surface area contributed by atoms with Crippen molar-refractivity contribution in [1.29, 1.82) is 0 Å². The van der Waals surface area contributed by atoms with E-state index >= 15 is 0 Å². The van der Waals surface area contributed by atoms with Crippen LogP contribution in [0.4, 0.5) is 5.69 Å². The number of benzene rings is 3. The average Bonchev–Trinajstić information content (AvgIpc) is 3.18. The van der Waals surface area contributed by atoms with Crippen molar-refractivity contribution in [3.63, 3.8) is 0 Å². The van der Waals surface area contributed by atoms with Crippen LogP contribution in [0, 0.1) is 0 Å². The summed E-state index contributed by atoms with van der Waals surface area (Å²) in [4.78, 5) is 28.1. The zero-order chi connectivity index (χ0) is 24.2. The second-order valence-corrected chi connectivity index (χ2v) is 8.23. The molecule has 1 atom stereocenters. The molecule has 0 radical (unpaired) electrons. The van der Waals surface area contributed by atoms with Crippen LogP contribution in [0.1, 0.15) is 33.9 Å². The van der Waals surface area contributed by atoms with Crippen molar-refractivity contribution in [3.05, 3.63) is 82.4 Å². The molecule has 176 valence electrons. The van der Waals surface area contributed by atoms with Crippen LogP contribution >= 0.6 is 11.6 Å². The van der Waals surface area contributed by atoms with Gasteiger partial charge < -0.3 is 24.4 Å². The Morgan fingerprint density at radius 2 is 1.68 bits per heavy atom. The molecule has 0 spiro atoms. The Labute approximate surface area is 203 Å². The van der Waals surface area contributed by atoms with E-state index in [0.29, 0.717) is 40.1 Å². The predicted molar refractivity (Wildman–Crippen MR) is 130 cm³/mol. The molecule has 2 amide bonds. The van der Waals surface area contributed by atoms with E-state index in [1.54, 1.807) is 49.5 Å². The topological polar surface area (TPSA) is 77.1 Å². The minimum Gasteiger partial charge on any atom is -0.495 e. The molecule has 0 unspecified atom stereocenters. The maximum atomic E-state index is 13.3. The molecule has 0 saturated heterocycles. The van der Waals surface area contributed by atoms with Gasteiger partial charge in [-0.05, 0) is 47.5 Å². The molecule has 0 aliphatic carbocycles. The number of nitrogens with zero attached hydrogens (tertiary/aromatic N) is 1. The number of rotatable bonds is 8. The Kier molecular flexibility index (Phi) is 6.93. The predicted octanol–water partition coefficient (Wildman–Crippen LogP) is 5.09. The summed E-state index contributed by atoms with van der Waals surface area (Å²) >= 11 is 6.20. The second kappa shape index (κ2) is 10.1. The minimum absolute atomic E-state index is 0.0405. The molecule has 0 fully saturated rings. The maximum absolute atomic E-state index is 13.3. The highest BCUT2D eigenvalue weighted by Crippen LogP contribution is 2.37. The molecule has 0 saturated carbocycles. The Balaban J connectivity index is 1.64. The Hall–Kier alpha value is -3.71. The first-order chi connectivity index (χ1) is 16.4. The van der Waals surface area contributed by atoms with Crippen molar-refractivity contribution in [1.82, 2.24) is 4.90 Å². The van der Waals surface area contributed by atoms with Gasteiger partial charge in [0.25, 0.3) is 5.91 Å². The molecule has 3 aromatic carbocycles. The molecule has 1 aliphatic rings. The first kappa shape index (κ1) is 23.4. The van der Waals surface area contributed by atoms with E-state index in [1.807, 2.05) is 30.3 Å². The summed E-state index contributed by atoms with van der Waals surface area (Å²) < 4.78 is 16.0. The van der Waals surface area contributed by atoms with E-state index in [-0.39, 0.29) is 18.2 Å². The van der Waals surface area contributed by atoms with Crippen molar-refractivity contribution in [2.45, 2.75) is 19.0 Å². The molecule has 1 N–H and O–H groups in total. The van der Waals surface area contributed by atoms with Gasteiger partial charge in [-0.25, -0.2) is 0 Å². The number of carbonyl (C=O) groups is 2. The lowest BCUT2D eigenvalue weighted by molar-refractivity contribution is -0.117. The number of fused-ring (bicyclic) bond motifs is 1. The third-order valence-corrected chi connectivity index (χ3v) is 6.13. The van der Waals surface area contributed by atoms with Crippen LogP contribution in [-0.4, -0.2) is 38.0 Å². The van der Waals surface area contributed by atoms with Crippen molar-refractivity contribution in [2.24, 2.45) is 0 Å². The fraction of sp³-hybridized carbons (Fsp3) is 0.231. The number of hydrogen-bond acceptors (Lipinski definition) is 5. The number of hydrogen-bond donors (Lipinski definition) is 1. The molecular weight excluding hydrogens is 456 g/mol. The number of halogens is 1. The summed E-state index contributed by atoms with van der Waals surface area (Å²) in [7, 11) is 4.63. The van der Waals surface area contributed by atoms with E-state index in [1.165, 1.54) is 7.11 Å². The fourth-order valence-electron chi connectivity index (χ4n) is 4.13. The van der Waals surface area contributed by atoms with Crippen LogP contribution < -0.4 is 19.5 Å². The Bertz CT molecular complexity index is 1230. The molecular formula is C26H25ClN2O5. The van der Waals surface area contributed by atoms with E-state index in [9.17, 15) is 9.59 Å². The largest absolute Gasteiger partial charge is 0.495 e. The first-order valence-corrected chi connectivity index (χ1v) is 11.1. The van der Waals surface area contributed by atoms with E-state index in [2.05, 4.69) is 5.32 Å². The first-order valence-electron chi connectivity index (χ1n) is 10.7. The Morgan fingerprint density at radius 3 is 2.35 bits per heavy atom. The van der Waals surface area contributed by atoms with Gasteiger partial charge >= 0.3 is 0 Å². The van der Waals surface area contributed by atoms with Gasteiger partial charge in [0.2, 0.25) is 5.91 Å². The second-order valence-electron chi connectivity index (χ2n) is 7.82.